The average Bonchev–Trinajstić information content (AvgIpc) is 1.85. The minimum atomic E-state index is -0.630. The van der Waals surface area contributed by atoms with Crippen molar-refractivity contribution >= 4 is 11.6 Å². The van der Waals surface area contributed by atoms with Gasteiger partial charge in [0.25, 0.3) is 0 Å². The van der Waals surface area contributed by atoms with E-state index in [1.165, 1.54) is 0 Å². The molecule has 11 heavy (non-hydrogen) atoms. The van der Waals surface area contributed by atoms with Crippen LogP contribution in [0.5, 0.6) is 0 Å². The van der Waals surface area contributed by atoms with Crippen molar-refractivity contribution in [2.45, 2.75) is 19.4 Å². The number of alkyl halides is 1. The third-order valence-electron chi connectivity index (χ3n) is 1.08. The molecule has 0 bridgehead atoms. The van der Waals surface area contributed by atoms with Crippen molar-refractivity contribution in [2.75, 3.05) is 19.0 Å². The smallest absolute Gasteiger partial charge is 0.0715 e. The van der Waals surface area contributed by atoms with Crippen LogP contribution in [0.25, 0.3) is 0 Å². The number of aliphatic hydroxyl groups is 1. The molecule has 0 spiro atoms. The first kappa shape index (κ1) is 11.0. The highest BCUT2D eigenvalue weighted by Gasteiger charge is 2.09. The van der Waals surface area contributed by atoms with Crippen molar-refractivity contribution in [1.29, 1.82) is 0 Å². The van der Waals surface area contributed by atoms with Gasteiger partial charge in [0.1, 0.15) is 0 Å². The van der Waals surface area contributed by atoms with E-state index in [2.05, 4.69) is 5.32 Å². The maximum atomic E-state index is 9.26. The van der Waals surface area contributed by atoms with Gasteiger partial charge in [-0.3, -0.25) is 0 Å². The van der Waals surface area contributed by atoms with Crippen LogP contribution in [-0.2, 0) is 0 Å². The summed E-state index contributed by atoms with van der Waals surface area (Å²) < 4.78 is 0. The molecular weight excluding hydrogens is 162 g/mol. The van der Waals surface area contributed by atoms with E-state index in [-0.39, 0.29) is 0 Å². The molecule has 0 aromatic carbocycles. The summed E-state index contributed by atoms with van der Waals surface area (Å²) in [6, 6.07) is 0. The molecule has 0 aliphatic carbocycles. The van der Waals surface area contributed by atoms with Crippen LogP contribution in [-0.4, -0.2) is 29.7 Å². The summed E-state index contributed by atoms with van der Waals surface area (Å²) in [5.74, 6) is 0.546. The SMILES string of the molecule is CC(C)(O)CNC/C=C/CCl. The second kappa shape index (κ2) is 5.58. The van der Waals surface area contributed by atoms with Gasteiger partial charge in [-0.2, -0.15) is 0 Å². The Kier molecular flexibility index (Phi) is 5.56. The molecule has 0 heterocycles. The molecule has 0 rings (SSSR count). The van der Waals surface area contributed by atoms with Gasteiger partial charge >= 0.3 is 0 Å². The highest BCUT2D eigenvalue weighted by molar-refractivity contribution is 6.18. The van der Waals surface area contributed by atoms with Gasteiger partial charge in [-0.15, -0.1) is 11.6 Å². The summed E-state index contributed by atoms with van der Waals surface area (Å²) in [4.78, 5) is 0. The number of hydrogen-bond acceptors (Lipinski definition) is 2. The standard InChI is InChI=1S/C8H16ClNO/c1-8(2,11)7-10-6-4-3-5-9/h3-4,10-11H,5-7H2,1-2H3/b4-3+. The second-order valence-electron chi connectivity index (χ2n) is 3.07. The quantitative estimate of drug-likeness (QED) is 0.375. The minimum Gasteiger partial charge on any atom is -0.389 e. The van der Waals surface area contributed by atoms with Crippen molar-refractivity contribution < 1.29 is 5.11 Å². The Balaban J connectivity index is 3.21. The Morgan fingerprint density at radius 2 is 2.09 bits per heavy atom. The topological polar surface area (TPSA) is 32.3 Å². The van der Waals surface area contributed by atoms with Crippen LogP contribution in [0, 0.1) is 0 Å². The first-order valence-corrected chi connectivity index (χ1v) is 4.24. The zero-order valence-corrected chi connectivity index (χ0v) is 7.86. The number of rotatable bonds is 5. The molecule has 3 heteroatoms. The lowest BCUT2D eigenvalue weighted by Crippen LogP contribution is -2.34. The van der Waals surface area contributed by atoms with E-state index in [9.17, 15) is 5.11 Å². The number of hydrogen-bond donors (Lipinski definition) is 2. The molecule has 0 radical (unpaired) electrons. The molecule has 2 N–H and O–H groups in total. The van der Waals surface area contributed by atoms with Gasteiger partial charge < -0.3 is 10.4 Å². The van der Waals surface area contributed by atoms with E-state index in [1.807, 2.05) is 12.2 Å². The molecule has 0 fully saturated rings. The monoisotopic (exact) mass is 177 g/mol. The lowest BCUT2D eigenvalue weighted by molar-refractivity contribution is 0.0810. The van der Waals surface area contributed by atoms with Gasteiger partial charge in [0.05, 0.1) is 5.60 Å². The van der Waals surface area contributed by atoms with Crippen LogP contribution in [0.4, 0.5) is 0 Å². The fraction of sp³-hybridized carbons (Fsp3) is 0.750. The predicted molar refractivity (Wildman–Crippen MR) is 49.0 cm³/mol. The lowest BCUT2D eigenvalue weighted by Gasteiger charge is -2.16. The van der Waals surface area contributed by atoms with Crippen molar-refractivity contribution in [3.63, 3.8) is 0 Å². The predicted octanol–water partition coefficient (Wildman–Crippen LogP) is 1.14. The van der Waals surface area contributed by atoms with Crippen LogP contribution < -0.4 is 5.32 Å². The molecule has 0 aromatic rings. The summed E-state index contributed by atoms with van der Waals surface area (Å²) in [6.45, 7) is 4.90. The fourth-order valence-corrected chi connectivity index (χ4v) is 0.734. The Labute approximate surface area is 73.3 Å². The summed E-state index contributed by atoms with van der Waals surface area (Å²) in [7, 11) is 0. The Morgan fingerprint density at radius 3 is 2.55 bits per heavy atom. The summed E-state index contributed by atoms with van der Waals surface area (Å²) in [5.41, 5.74) is -0.630. The Bertz CT molecular complexity index is 118. The molecule has 0 saturated heterocycles. The zero-order valence-electron chi connectivity index (χ0n) is 7.10. The van der Waals surface area contributed by atoms with Crippen molar-refractivity contribution in [2.24, 2.45) is 0 Å². The van der Waals surface area contributed by atoms with E-state index < -0.39 is 5.60 Å². The third kappa shape index (κ3) is 9.95. The number of nitrogens with one attached hydrogen (secondary N) is 1. The Morgan fingerprint density at radius 1 is 1.45 bits per heavy atom. The summed E-state index contributed by atoms with van der Waals surface area (Å²) in [6.07, 6.45) is 3.82. The molecule has 66 valence electrons. The second-order valence-corrected chi connectivity index (χ2v) is 3.38. The molecule has 0 atom stereocenters. The molecule has 0 amide bonds. The largest absolute Gasteiger partial charge is 0.389 e. The molecule has 0 unspecified atom stereocenters. The highest BCUT2D eigenvalue weighted by atomic mass is 35.5. The molecule has 0 saturated carbocycles. The van der Waals surface area contributed by atoms with Crippen LogP contribution >= 0.6 is 11.6 Å². The summed E-state index contributed by atoms with van der Waals surface area (Å²) >= 11 is 5.41. The normalized spacial score (nSPS) is 12.7. The van der Waals surface area contributed by atoms with Gasteiger partial charge in [-0.25, -0.2) is 0 Å². The molecule has 0 aromatic heterocycles. The molecule has 0 aliphatic heterocycles. The minimum absolute atomic E-state index is 0.546. The van der Waals surface area contributed by atoms with Crippen molar-refractivity contribution in [1.82, 2.24) is 5.32 Å². The fourth-order valence-electron chi connectivity index (χ4n) is 0.608. The maximum Gasteiger partial charge on any atom is 0.0715 e. The van der Waals surface area contributed by atoms with Crippen LogP contribution in [0.1, 0.15) is 13.8 Å². The van der Waals surface area contributed by atoms with E-state index in [0.29, 0.717) is 12.4 Å². The third-order valence-corrected chi connectivity index (χ3v) is 1.25. The van der Waals surface area contributed by atoms with Gasteiger partial charge in [0.2, 0.25) is 0 Å². The lowest BCUT2D eigenvalue weighted by atomic mass is 10.1. The molecule has 0 aliphatic rings. The molecule has 2 nitrogen and oxygen atoms in total. The van der Waals surface area contributed by atoms with Gasteiger partial charge in [-0.1, -0.05) is 12.2 Å². The van der Waals surface area contributed by atoms with Crippen LogP contribution in [0.2, 0.25) is 0 Å². The first-order chi connectivity index (χ1) is 5.06. The van der Waals surface area contributed by atoms with E-state index in [4.69, 9.17) is 11.6 Å². The maximum absolute atomic E-state index is 9.26. The first-order valence-electron chi connectivity index (χ1n) is 3.70. The van der Waals surface area contributed by atoms with Gasteiger partial charge in [-0.05, 0) is 13.8 Å². The van der Waals surface area contributed by atoms with Gasteiger partial charge in [0, 0.05) is 19.0 Å². The van der Waals surface area contributed by atoms with Gasteiger partial charge in [0.15, 0.2) is 0 Å². The highest BCUT2D eigenvalue weighted by Crippen LogP contribution is 1.96. The van der Waals surface area contributed by atoms with Crippen molar-refractivity contribution in [3.05, 3.63) is 12.2 Å². The summed E-state index contributed by atoms with van der Waals surface area (Å²) in [5, 5.41) is 12.3. The average molecular weight is 178 g/mol. The Hall–Kier alpha value is -0.0500. The zero-order chi connectivity index (χ0) is 8.74. The molecular formula is C8H16ClNO. The van der Waals surface area contributed by atoms with E-state index >= 15 is 0 Å². The van der Waals surface area contributed by atoms with Crippen LogP contribution in [0.15, 0.2) is 12.2 Å². The number of allylic oxidation sites excluding steroid dienone is 1. The van der Waals surface area contributed by atoms with E-state index in [0.717, 1.165) is 6.54 Å². The van der Waals surface area contributed by atoms with Crippen molar-refractivity contribution in [3.8, 4) is 0 Å². The number of halogens is 1. The van der Waals surface area contributed by atoms with E-state index in [1.54, 1.807) is 13.8 Å². The van der Waals surface area contributed by atoms with Crippen LogP contribution in [0.3, 0.4) is 0 Å².